The van der Waals surface area contributed by atoms with E-state index in [1.165, 1.54) is 12.3 Å². The highest BCUT2D eigenvalue weighted by molar-refractivity contribution is 7.09. The summed E-state index contributed by atoms with van der Waals surface area (Å²) in [6.45, 7) is 3.66. The maximum absolute atomic E-state index is 13.8. The minimum Gasteiger partial charge on any atom is -0.321 e. The fraction of sp³-hybridized carbons (Fsp3) is 0.118. The molecule has 6 heteroatoms. The van der Waals surface area contributed by atoms with Gasteiger partial charge in [0.2, 0.25) is 0 Å². The van der Waals surface area contributed by atoms with Crippen molar-refractivity contribution in [2.45, 2.75) is 13.8 Å². The van der Waals surface area contributed by atoms with Crippen LogP contribution in [0, 0.1) is 19.7 Å². The van der Waals surface area contributed by atoms with E-state index in [1.54, 1.807) is 30.4 Å². The average Bonchev–Trinajstić information content (AvgIpc) is 2.94. The number of nitrogens with zero attached hydrogens (tertiary/aromatic N) is 2. The number of carbonyl (C=O) groups excluding carboxylic acids is 1. The highest BCUT2D eigenvalue weighted by atomic mass is 32.1. The van der Waals surface area contributed by atoms with Crippen LogP contribution in [-0.4, -0.2) is 15.9 Å². The Morgan fingerprint density at radius 2 is 2.09 bits per heavy atom. The Bertz CT molecular complexity index is 876. The van der Waals surface area contributed by atoms with Crippen LogP contribution < -0.4 is 5.32 Å². The standard InChI is InChI=1S/C17H14FN3OS/c1-10-6-14(18)16(19-8-10)17(22)21-13-5-3-4-12(7-13)15-9-23-11(2)20-15/h3-9H,1-2H3,(H,21,22). The summed E-state index contributed by atoms with van der Waals surface area (Å²) in [4.78, 5) is 20.4. The molecule has 4 nitrogen and oxygen atoms in total. The van der Waals surface area contributed by atoms with Crippen LogP contribution in [0.5, 0.6) is 0 Å². The second kappa shape index (κ2) is 6.26. The van der Waals surface area contributed by atoms with Crippen LogP contribution in [0.15, 0.2) is 41.9 Å². The van der Waals surface area contributed by atoms with Crippen LogP contribution >= 0.6 is 11.3 Å². The number of hydrogen-bond acceptors (Lipinski definition) is 4. The largest absolute Gasteiger partial charge is 0.321 e. The number of nitrogens with one attached hydrogen (secondary N) is 1. The predicted octanol–water partition coefficient (Wildman–Crippen LogP) is 4.21. The van der Waals surface area contributed by atoms with E-state index in [0.717, 1.165) is 16.3 Å². The van der Waals surface area contributed by atoms with Crippen molar-refractivity contribution >= 4 is 22.9 Å². The zero-order valence-electron chi connectivity index (χ0n) is 12.6. The van der Waals surface area contributed by atoms with Crippen molar-refractivity contribution in [2.75, 3.05) is 5.32 Å². The second-order valence-electron chi connectivity index (χ2n) is 5.13. The van der Waals surface area contributed by atoms with Crippen LogP contribution in [-0.2, 0) is 0 Å². The molecular formula is C17H14FN3OS. The molecule has 1 amide bonds. The predicted molar refractivity (Wildman–Crippen MR) is 89.2 cm³/mol. The molecule has 0 aliphatic carbocycles. The second-order valence-corrected chi connectivity index (χ2v) is 6.19. The van der Waals surface area contributed by atoms with Crippen molar-refractivity contribution in [3.63, 3.8) is 0 Å². The number of rotatable bonds is 3. The maximum Gasteiger partial charge on any atom is 0.277 e. The monoisotopic (exact) mass is 327 g/mol. The van der Waals surface area contributed by atoms with Gasteiger partial charge in [-0.05, 0) is 37.6 Å². The Kier molecular flexibility index (Phi) is 4.16. The van der Waals surface area contributed by atoms with Crippen molar-refractivity contribution in [2.24, 2.45) is 0 Å². The lowest BCUT2D eigenvalue weighted by atomic mass is 10.1. The number of pyridine rings is 1. The molecule has 1 aromatic carbocycles. The minimum absolute atomic E-state index is 0.217. The summed E-state index contributed by atoms with van der Waals surface area (Å²) < 4.78 is 13.8. The summed E-state index contributed by atoms with van der Waals surface area (Å²) in [5.41, 5.74) is 2.76. The Morgan fingerprint density at radius 1 is 1.26 bits per heavy atom. The van der Waals surface area contributed by atoms with Crippen LogP contribution in [0.2, 0.25) is 0 Å². The molecule has 0 atom stereocenters. The first-order valence-electron chi connectivity index (χ1n) is 6.99. The van der Waals surface area contributed by atoms with Gasteiger partial charge in [-0.1, -0.05) is 12.1 Å². The first kappa shape index (κ1) is 15.3. The fourth-order valence-corrected chi connectivity index (χ4v) is 2.77. The van der Waals surface area contributed by atoms with Gasteiger partial charge in [-0.2, -0.15) is 0 Å². The Morgan fingerprint density at radius 3 is 2.78 bits per heavy atom. The van der Waals surface area contributed by atoms with E-state index in [1.807, 2.05) is 24.4 Å². The molecular weight excluding hydrogens is 313 g/mol. The third kappa shape index (κ3) is 3.43. The van der Waals surface area contributed by atoms with Gasteiger partial charge in [0, 0.05) is 22.8 Å². The number of anilines is 1. The first-order valence-corrected chi connectivity index (χ1v) is 7.87. The summed E-state index contributed by atoms with van der Waals surface area (Å²) in [7, 11) is 0. The molecule has 1 N–H and O–H groups in total. The van der Waals surface area contributed by atoms with Gasteiger partial charge in [-0.15, -0.1) is 11.3 Å². The molecule has 0 radical (unpaired) electrons. The molecule has 0 spiro atoms. The van der Waals surface area contributed by atoms with Gasteiger partial charge >= 0.3 is 0 Å². The molecule has 0 aliphatic heterocycles. The highest BCUT2D eigenvalue weighted by Gasteiger charge is 2.14. The summed E-state index contributed by atoms with van der Waals surface area (Å²) in [6.07, 6.45) is 1.46. The number of aryl methyl sites for hydroxylation is 2. The molecule has 0 aliphatic rings. The highest BCUT2D eigenvalue weighted by Crippen LogP contribution is 2.24. The molecule has 0 saturated heterocycles. The van der Waals surface area contributed by atoms with Crippen molar-refractivity contribution in [1.82, 2.24) is 9.97 Å². The topological polar surface area (TPSA) is 54.9 Å². The van der Waals surface area contributed by atoms with Crippen molar-refractivity contribution in [3.8, 4) is 11.3 Å². The number of aromatic nitrogens is 2. The molecule has 2 heterocycles. The zero-order chi connectivity index (χ0) is 16.4. The van der Waals surface area contributed by atoms with Crippen LogP contribution in [0.4, 0.5) is 10.1 Å². The third-order valence-corrected chi connectivity index (χ3v) is 4.00. The van der Waals surface area contributed by atoms with Gasteiger partial charge in [-0.25, -0.2) is 14.4 Å². The van der Waals surface area contributed by atoms with E-state index in [9.17, 15) is 9.18 Å². The van der Waals surface area contributed by atoms with Crippen molar-refractivity contribution in [1.29, 1.82) is 0 Å². The first-order chi connectivity index (χ1) is 11.0. The van der Waals surface area contributed by atoms with Gasteiger partial charge in [0.05, 0.1) is 10.7 Å². The lowest BCUT2D eigenvalue weighted by molar-refractivity contribution is 0.101. The smallest absolute Gasteiger partial charge is 0.277 e. The molecule has 23 heavy (non-hydrogen) atoms. The quantitative estimate of drug-likeness (QED) is 0.784. The van der Waals surface area contributed by atoms with E-state index >= 15 is 0 Å². The summed E-state index contributed by atoms with van der Waals surface area (Å²) in [5, 5.41) is 5.60. The summed E-state index contributed by atoms with van der Waals surface area (Å²) in [5.74, 6) is -1.21. The Balaban J connectivity index is 1.84. The number of amides is 1. The van der Waals surface area contributed by atoms with Gasteiger partial charge < -0.3 is 5.32 Å². The third-order valence-electron chi connectivity index (χ3n) is 3.23. The van der Waals surface area contributed by atoms with Gasteiger partial charge in [0.1, 0.15) is 0 Å². The Labute approximate surface area is 137 Å². The number of hydrogen-bond donors (Lipinski definition) is 1. The molecule has 2 aromatic heterocycles. The van der Waals surface area contributed by atoms with Crippen LogP contribution in [0.1, 0.15) is 21.1 Å². The van der Waals surface area contributed by atoms with Gasteiger partial charge in [0.15, 0.2) is 11.5 Å². The molecule has 116 valence electrons. The van der Waals surface area contributed by atoms with Crippen molar-refractivity contribution < 1.29 is 9.18 Å². The minimum atomic E-state index is -0.631. The number of halogens is 1. The van der Waals surface area contributed by atoms with E-state index in [0.29, 0.717) is 11.3 Å². The molecule has 3 rings (SSSR count). The zero-order valence-corrected chi connectivity index (χ0v) is 13.4. The fourth-order valence-electron chi connectivity index (χ4n) is 2.14. The van der Waals surface area contributed by atoms with Crippen LogP contribution in [0.25, 0.3) is 11.3 Å². The maximum atomic E-state index is 13.8. The Hall–Kier alpha value is -2.60. The summed E-state index contributed by atoms with van der Waals surface area (Å²) >= 11 is 1.56. The number of carbonyl (C=O) groups is 1. The molecule has 0 saturated carbocycles. The SMILES string of the molecule is Cc1cnc(C(=O)Nc2cccc(-c3csc(C)n3)c2)c(F)c1. The normalized spacial score (nSPS) is 10.6. The van der Waals surface area contributed by atoms with Gasteiger partial charge in [-0.3, -0.25) is 4.79 Å². The number of benzene rings is 1. The lowest BCUT2D eigenvalue weighted by Gasteiger charge is -2.07. The lowest BCUT2D eigenvalue weighted by Crippen LogP contribution is -2.15. The summed E-state index contributed by atoms with van der Waals surface area (Å²) in [6, 6.07) is 8.56. The molecule has 0 unspecified atom stereocenters. The van der Waals surface area contributed by atoms with Crippen molar-refractivity contribution in [3.05, 3.63) is 64.0 Å². The van der Waals surface area contributed by atoms with E-state index < -0.39 is 11.7 Å². The van der Waals surface area contributed by atoms with E-state index in [-0.39, 0.29) is 5.69 Å². The molecule has 0 fully saturated rings. The van der Waals surface area contributed by atoms with E-state index in [4.69, 9.17) is 0 Å². The molecule has 0 bridgehead atoms. The number of thiazole rings is 1. The van der Waals surface area contributed by atoms with Gasteiger partial charge in [0.25, 0.3) is 5.91 Å². The molecule has 3 aromatic rings. The average molecular weight is 327 g/mol. The van der Waals surface area contributed by atoms with E-state index in [2.05, 4.69) is 15.3 Å². The van der Waals surface area contributed by atoms with Crippen LogP contribution in [0.3, 0.4) is 0 Å².